The predicted molar refractivity (Wildman–Crippen MR) is 87.6 cm³/mol. The number of nitrogens with one attached hydrogen (secondary N) is 1. The van der Waals surface area contributed by atoms with E-state index >= 15 is 0 Å². The smallest absolute Gasteiger partial charge is 0.251 e. The van der Waals surface area contributed by atoms with E-state index in [1.807, 2.05) is 0 Å². The zero-order chi connectivity index (χ0) is 17.1. The molecule has 0 bridgehead atoms. The Labute approximate surface area is 139 Å². The number of rotatable bonds is 4. The maximum Gasteiger partial charge on any atom is 0.251 e. The van der Waals surface area contributed by atoms with Crippen molar-refractivity contribution >= 4 is 17.5 Å². The van der Waals surface area contributed by atoms with Crippen LogP contribution in [-0.2, 0) is 4.79 Å². The van der Waals surface area contributed by atoms with Crippen LogP contribution in [0.3, 0.4) is 0 Å². The molecule has 0 aliphatic carbocycles. The molecule has 124 valence electrons. The van der Waals surface area contributed by atoms with Gasteiger partial charge in [0.2, 0.25) is 5.91 Å². The van der Waals surface area contributed by atoms with Gasteiger partial charge in [0.05, 0.1) is 7.11 Å². The average molecular weight is 328 g/mol. The van der Waals surface area contributed by atoms with Gasteiger partial charge in [0.15, 0.2) is 0 Å². The molecule has 2 aromatic carbocycles. The zero-order valence-corrected chi connectivity index (χ0v) is 13.2. The lowest BCUT2D eigenvalue weighted by molar-refractivity contribution is -0.118. The first kappa shape index (κ1) is 16.0. The molecular weight excluding hydrogens is 311 g/mol. The molecule has 0 saturated carbocycles. The summed E-state index contributed by atoms with van der Waals surface area (Å²) in [6.45, 7) is 0.484. The van der Waals surface area contributed by atoms with Crippen LogP contribution in [0.1, 0.15) is 16.8 Å². The Morgan fingerprint density at radius 2 is 1.83 bits per heavy atom. The van der Waals surface area contributed by atoms with Crippen LogP contribution >= 0.6 is 0 Å². The number of hydrogen-bond donors (Lipinski definition) is 1. The van der Waals surface area contributed by atoms with Gasteiger partial charge in [-0.1, -0.05) is 0 Å². The number of nitrogens with zero attached hydrogens (tertiary/aromatic N) is 1. The van der Waals surface area contributed by atoms with E-state index in [0.717, 1.165) is 0 Å². The maximum absolute atomic E-state index is 13.0. The summed E-state index contributed by atoms with van der Waals surface area (Å²) in [5.41, 5.74) is 1.09. The Balaban J connectivity index is 1.66. The maximum atomic E-state index is 13.0. The molecule has 1 aliphatic rings. The van der Waals surface area contributed by atoms with Crippen LogP contribution in [-0.4, -0.2) is 31.5 Å². The lowest BCUT2D eigenvalue weighted by Crippen LogP contribution is -2.41. The summed E-state index contributed by atoms with van der Waals surface area (Å²) in [7, 11) is 1.55. The Hall–Kier alpha value is -2.89. The van der Waals surface area contributed by atoms with Gasteiger partial charge < -0.3 is 15.0 Å². The molecule has 1 aliphatic heterocycles. The van der Waals surface area contributed by atoms with E-state index in [1.165, 1.54) is 12.1 Å². The van der Waals surface area contributed by atoms with E-state index in [-0.39, 0.29) is 17.6 Å². The molecule has 0 radical (unpaired) electrons. The Kier molecular flexibility index (Phi) is 4.46. The van der Waals surface area contributed by atoms with Gasteiger partial charge in [-0.05, 0) is 55.0 Å². The van der Waals surface area contributed by atoms with Crippen molar-refractivity contribution in [3.63, 3.8) is 0 Å². The minimum absolute atomic E-state index is 0.191. The minimum atomic E-state index is -0.579. The zero-order valence-electron chi connectivity index (χ0n) is 13.2. The highest BCUT2D eigenvalue weighted by atomic mass is 19.1. The number of anilines is 1. The summed E-state index contributed by atoms with van der Waals surface area (Å²) in [6.07, 6.45) is 0.512. The van der Waals surface area contributed by atoms with Gasteiger partial charge in [-0.15, -0.1) is 0 Å². The Morgan fingerprint density at radius 3 is 2.46 bits per heavy atom. The van der Waals surface area contributed by atoms with Gasteiger partial charge in [-0.25, -0.2) is 4.39 Å². The third-order valence-electron chi connectivity index (χ3n) is 4.00. The summed E-state index contributed by atoms with van der Waals surface area (Å²) in [6, 6.07) is 11.8. The van der Waals surface area contributed by atoms with Gasteiger partial charge in [0.1, 0.15) is 17.6 Å². The predicted octanol–water partition coefficient (Wildman–Crippen LogP) is 2.37. The molecule has 6 heteroatoms. The minimum Gasteiger partial charge on any atom is -0.497 e. The van der Waals surface area contributed by atoms with Crippen molar-refractivity contribution < 1.29 is 18.7 Å². The van der Waals surface area contributed by atoms with E-state index < -0.39 is 6.04 Å². The van der Waals surface area contributed by atoms with Gasteiger partial charge >= 0.3 is 0 Å². The standard InChI is InChI=1S/C18H17FN2O3/c1-24-15-8-2-12(3-9-15)17(22)20-16-10-11-21(18(16)23)14-6-4-13(19)5-7-14/h2-9,16H,10-11H2,1H3,(H,20,22). The van der Waals surface area contributed by atoms with Crippen LogP contribution in [0.25, 0.3) is 0 Å². The quantitative estimate of drug-likeness (QED) is 0.937. The molecule has 1 unspecified atom stereocenters. The number of benzene rings is 2. The van der Waals surface area contributed by atoms with Crippen molar-refractivity contribution in [2.24, 2.45) is 0 Å². The van der Waals surface area contributed by atoms with E-state index in [9.17, 15) is 14.0 Å². The number of hydrogen-bond acceptors (Lipinski definition) is 3. The van der Waals surface area contributed by atoms with E-state index in [4.69, 9.17) is 4.74 Å². The van der Waals surface area contributed by atoms with E-state index in [2.05, 4.69) is 5.32 Å². The first-order valence-electron chi connectivity index (χ1n) is 7.60. The largest absolute Gasteiger partial charge is 0.497 e. The van der Waals surface area contributed by atoms with Crippen molar-refractivity contribution in [1.29, 1.82) is 0 Å². The van der Waals surface area contributed by atoms with Crippen molar-refractivity contribution in [3.8, 4) is 5.75 Å². The lowest BCUT2D eigenvalue weighted by Gasteiger charge is -2.17. The number of amides is 2. The fourth-order valence-electron chi connectivity index (χ4n) is 2.68. The summed E-state index contributed by atoms with van der Waals surface area (Å²) < 4.78 is 18.0. The second-order valence-electron chi connectivity index (χ2n) is 5.51. The van der Waals surface area contributed by atoms with Crippen LogP contribution in [0.2, 0.25) is 0 Å². The van der Waals surface area contributed by atoms with E-state index in [0.29, 0.717) is 30.0 Å². The molecule has 1 saturated heterocycles. The molecule has 1 heterocycles. The summed E-state index contributed by atoms with van der Waals surface area (Å²) in [5.74, 6) is -0.193. The normalized spacial score (nSPS) is 17.0. The van der Waals surface area contributed by atoms with Crippen LogP contribution < -0.4 is 15.0 Å². The topological polar surface area (TPSA) is 58.6 Å². The number of carbonyl (C=O) groups is 2. The number of ether oxygens (including phenoxy) is 1. The van der Waals surface area contributed by atoms with Gasteiger partial charge in [-0.3, -0.25) is 9.59 Å². The number of halogens is 1. The number of carbonyl (C=O) groups excluding carboxylic acids is 2. The highest BCUT2D eigenvalue weighted by Gasteiger charge is 2.33. The molecular formula is C18H17FN2O3. The first-order chi connectivity index (χ1) is 11.6. The fourth-order valence-corrected chi connectivity index (χ4v) is 2.68. The SMILES string of the molecule is COc1ccc(C(=O)NC2CCN(c3ccc(F)cc3)C2=O)cc1. The molecule has 3 rings (SSSR count). The Bertz CT molecular complexity index is 744. The molecule has 1 fully saturated rings. The van der Waals surface area contributed by atoms with Gasteiger partial charge in [0.25, 0.3) is 5.91 Å². The molecule has 2 amide bonds. The van der Waals surface area contributed by atoms with Crippen LogP contribution in [0.4, 0.5) is 10.1 Å². The second kappa shape index (κ2) is 6.70. The second-order valence-corrected chi connectivity index (χ2v) is 5.51. The van der Waals surface area contributed by atoms with Crippen molar-refractivity contribution in [2.75, 3.05) is 18.6 Å². The lowest BCUT2D eigenvalue weighted by atomic mass is 10.1. The molecule has 0 aromatic heterocycles. The highest BCUT2D eigenvalue weighted by molar-refractivity contribution is 6.03. The highest BCUT2D eigenvalue weighted by Crippen LogP contribution is 2.22. The molecule has 5 nitrogen and oxygen atoms in total. The molecule has 0 spiro atoms. The van der Waals surface area contributed by atoms with Gasteiger partial charge in [0, 0.05) is 17.8 Å². The molecule has 24 heavy (non-hydrogen) atoms. The van der Waals surface area contributed by atoms with Crippen LogP contribution in [0.15, 0.2) is 48.5 Å². The van der Waals surface area contributed by atoms with Gasteiger partial charge in [-0.2, -0.15) is 0 Å². The fraction of sp³-hybridized carbons (Fsp3) is 0.222. The molecule has 1 N–H and O–H groups in total. The third-order valence-corrected chi connectivity index (χ3v) is 4.00. The van der Waals surface area contributed by atoms with Crippen LogP contribution in [0, 0.1) is 5.82 Å². The van der Waals surface area contributed by atoms with Crippen molar-refractivity contribution in [1.82, 2.24) is 5.32 Å². The van der Waals surface area contributed by atoms with E-state index in [1.54, 1.807) is 48.4 Å². The first-order valence-corrected chi connectivity index (χ1v) is 7.60. The summed E-state index contributed by atoms with van der Waals surface area (Å²) >= 11 is 0. The van der Waals surface area contributed by atoms with Crippen LogP contribution in [0.5, 0.6) is 5.75 Å². The van der Waals surface area contributed by atoms with Crippen molar-refractivity contribution in [3.05, 3.63) is 59.9 Å². The summed E-state index contributed by atoms with van der Waals surface area (Å²) in [4.78, 5) is 26.3. The van der Waals surface area contributed by atoms with Crippen molar-refractivity contribution in [2.45, 2.75) is 12.5 Å². The molecule has 2 aromatic rings. The summed E-state index contributed by atoms with van der Waals surface area (Å²) in [5, 5.41) is 2.75. The average Bonchev–Trinajstić information content (AvgIpc) is 2.96. The number of methoxy groups -OCH3 is 1. The molecule has 1 atom stereocenters. The third kappa shape index (κ3) is 3.22. The Morgan fingerprint density at radius 1 is 1.17 bits per heavy atom. The monoisotopic (exact) mass is 328 g/mol.